The van der Waals surface area contributed by atoms with Crippen LogP contribution in [-0.4, -0.2) is 62.0 Å². The average Bonchev–Trinajstić information content (AvgIpc) is 3.11. The van der Waals surface area contributed by atoms with Gasteiger partial charge in [0.25, 0.3) is 0 Å². The van der Waals surface area contributed by atoms with Crippen LogP contribution in [0.3, 0.4) is 0 Å². The molecular weight excluding hydrogens is 582 g/mol. The number of morpholine rings is 1. The van der Waals surface area contributed by atoms with E-state index in [0.717, 1.165) is 16.7 Å². The molecule has 0 radical (unpaired) electrons. The Hall–Kier alpha value is -5.24. The fourth-order valence-electron chi connectivity index (χ4n) is 5.50. The van der Waals surface area contributed by atoms with Crippen LogP contribution < -0.4 is 20.7 Å². The number of hydrogen-bond acceptors (Lipinski definition) is 8. The SMILES string of the molecule is COC(=O)N[C@H](C(=O)Nc1ncccc1CC[C@@H]1CNC[C@@H](COc2ccc(C#N)cc2)O1)C(c1ccccc1)c1ccccc1. The summed E-state index contributed by atoms with van der Waals surface area (Å²) in [5.74, 6) is 0.202. The second kappa shape index (κ2) is 16.2. The minimum atomic E-state index is -0.991. The van der Waals surface area contributed by atoms with Crippen molar-refractivity contribution in [2.75, 3.05) is 32.1 Å². The first kappa shape index (κ1) is 32.2. The van der Waals surface area contributed by atoms with Gasteiger partial charge in [-0.3, -0.25) is 4.79 Å². The van der Waals surface area contributed by atoms with Gasteiger partial charge in [0.05, 0.1) is 24.8 Å². The summed E-state index contributed by atoms with van der Waals surface area (Å²) >= 11 is 0. The average molecular weight is 620 g/mol. The molecule has 2 amide bonds. The number of alkyl carbamates (subject to hydrolysis) is 1. The lowest BCUT2D eigenvalue weighted by atomic mass is 9.84. The molecule has 4 aromatic rings. The number of nitrogens with zero attached hydrogens (tertiary/aromatic N) is 2. The van der Waals surface area contributed by atoms with E-state index in [1.807, 2.05) is 72.8 Å². The maximum Gasteiger partial charge on any atom is 0.407 e. The first-order valence-electron chi connectivity index (χ1n) is 15.2. The minimum Gasteiger partial charge on any atom is -0.491 e. The van der Waals surface area contributed by atoms with Crippen LogP contribution in [-0.2, 0) is 20.7 Å². The molecule has 2 heterocycles. The summed E-state index contributed by atoms with van der Waals surface area (Å²) in [6, 6.07) is 31.0. The van der Waals surface area contributed by atoms with Crippen LogP contribution in [0.2, 0.25) is 0 Å². The normalized spacial score (nSPS) is 16.5. The lowest BCUT2D eigenvalue weighted by Gasteiger charge is -2.31. The van der Waals surface area contributed by atoms with Gasteiger partial charge in [0.2, 0.25) is 5.91 Å². The highest BCUT2D eigenvalue weighted by Crippen LogP contribution is 2.29. The molecule has 3 atom stereocenters. The number of carbonyl (C=O) groups excluding carboxylic acids is 2. The molecule has 0 spiro atoms. The number of nitrogens with one attached hydrogen (secondary N) is 3. The Morgan fingerprint density at radius 2 is 1.63 bits per heavy atom. The Bertz CT molecular complexity index is 1570. The third kappa shape index (κ3) is 8.69. The Morgan fingerprint density at radius 3 is 2.28 bits per heavy atom. The molecule has 3 N–H and O–H groups in total. The molecule has 0 unspecified atom stereocenters. The van der Waals surface area contributed by atoms with E-state index in [0.29, 0.717) is 49.7 Å². The van der Waals surface area contributed by atoms with Gasteiger partial charge in [-0.15, -0.1) is 0 Å². The number of anilines is 1. The van der Waals surface area contributed by atoms with Gasteiger partial charge in [0, 0.05) is 25.2 Å². The van der Waals surface area contributed by atoms with E-state index in [4.69, 9.17) is 19.5 Å². The maximum absolute atomic E-state index is 14.0. The molecular formula is C36H37N5O5. The van der Waals surface area contributed by atoms with Gasteiger partial charge < -0.3 is 30.2 Å². The quantitative estimate of drug-likeness (QED) is 0.206. The first-order chi connectivity index (χ1) is 22.5. The monoisotopic (exact) mass is 619 g/mol. The van der Waals surface area contributed by atoms with Gasteiger partial charge in [0.1, 0.15) is 30.3 Å². The van der Waals surface area contributed by atoms with Crippen molar-refractivity contribution < 1.29 is 23.8 Å². The van der Waals surface area contributed by atoms with E-state index in [-0.39, 0.29) is 12.2 Å². The predicted octanol–water partition coefficient (Wildman–Crippen LogP) is 4.82. The fourth-order valence-corrected chi connectivity index (χ4v) is 5.50. The lowest BCUT2D eigenvalue weighted by molar-refractivity contribution is -0.118. The number of methoxy groups -OCH3 is 1. The summed E-state index contributed by atoms with van der Waals surface area (Å²) in [5.41, 5.74) is 3.16. The zero-order valence-electron chi connectivity index (χ0n) is 25.6. The number of pyridine rings is 1. The highest BCUT2D eigenvalue weighted by atomic mass is 16.5. The van der Waals surface area contributed by atoms with Gasteiger partial charge in [-0.25, -0.2) is 9.78 Å². The molecule has 3 aromatic carbocycles. The van der Waals surface area contributed by atoms with Crippen molar-refractivity contribution in [2.45, 2.75) is 37.0 Å². The molecule has 5 rings (SSSR count). The number of amides is 2. The topological polar surface area (TPSA) is 135 Å². The van der Waals surface area contributed by atoms with E-state index in [1.54, 1.807) is 30.5 Å². The Labute approximate surface area is 268 Å². The molecule has 0 aliphatic carbocycles. The smallest absolute Gasteiger partial charge is 0.407 e. The zero-order chi connectivity index (χ0) is 32.1. The standard InChI is InChI=1S/C36H37N5O5/c1-44-36(43)40-33(32(26-9-4-2-5-10-26)27-11-6-3-7-12-27)35(42)41-34-28(13-8-20-39-34)16-19-30-22-38-23-31(46-30)24-45-29-17-14-25(21-37)15-18-29/h2-15,17-18,20,30-33,38H,16,19,22-24H2,1H3,(H,40,43)(H,39,41,42)/t30-,31+,33+/m1/s1. The summed E-state index contributed by atoms with van der Waals surface area (Å²) in [5, 5.41) is 18.2. The van der Waals surface area contributed by atoms with Gasteiger partial charge >= 0.3 is 6.09 Å². The van der Waals surface area contributed by atoms with Crippen LogP contribution in [0, 0.1) is 11.3 Å². The number of hydrogen-bond donors (Lipinski definition) is 3. The molecule has 10 heteroatoms. The first-order valence-corrected chi connectivity index (χ1v) is 15.2. The molecule has 46 heavy (non-hydrogen) atoms. The molecule has 1 aliphatic heterocycles. The Kier molecular flexibility index (Phi) is 11.3. The number of rotatable bonds is 12. The highest BCUT2D eigenvalue weighted by molar-refractivity contribution is 5.97. The largest absolute Gasteiger partial charge is 0.491 e. The number of nitriles is 1. The van der Waals surface area contributed by atoms with E-state index in [1.165, 1.54) is 7.11 Å². The second-order valence-corrected chi connectivity index (χ2v) is 10.9. The summed E-state index contributed by atoms with van der Waals surface area (Å²) in [6.45, 7) is 1.73. The van der Waals surface area contributed by atoms with Crippen LogP contribution in [0.5, 0.6) is 5.75 Å². The van der Waals surface area contributed by atoms with Crippen LogP contribution in [0.15, 0.2) is 103 Å². The van der Waals surface area contributed by atoms with E-state index in [9.17, 15) is 9.59 Å². The van der Waals surface area contributed by atoms with Crippen LogP contribution in [0.1, 0.15) is 34.6 Å². The highest BCUT2D eigenvalue weighted by Gasteiger charge is 2.33. The van der Waals surface area contributed by atoms with Crippen molar-refractivity contribution >= 4 is 17.8 Å². The van der Waals surface area contributed by atoms with E-state index >= 15 is 0 Å². The molecule has 1 aliphatic rings. The Balaban J connectivity index is 1.26. The summed E-state index contributed by atoms with van der Waals surface area (Å²) < 4.78 is 17.1. The summed E-state index contributed by atoms with van der Waals surface area (Å²) in [4.78, 5) is 31.0. The van der Waals surface area contributed by atoms with Crippen molar-refractivity contribution in [1.82, 2.24) is 15.6 Å². The number of aryl methyl sites for hydroxylation is 1. The molecule has 236 valence electrons. The molecule has 10 nitrogen and oxygen atoms in total. The summed E-state index contributed by atoms with van der Waals surface area (Å²) in [6.07, 6.45) is 2.01. The van der Waals surface area contributed by atoms with Crippen molar-refractivity contribution in [1.29, 1.82) is 5.26 Å². The molecule has 1 aromatic heterocycles. The Morgan fingerprint density at radius 1 is 0.957 bits per heavy atom. The van der Waals surface area contributed by atoms with Gasteiger partial charge in [0.15, 0.2) is 0 Å². The third-order valence-electron chi connectivity index (χ3n) is 7.81. The van der Waals surface area contributed by atoms with Crippen molar-refractivity contribution in [2.24, 2.45) is 0 Å². The molecule has 0 bridgehead atoms. The number of benzene rings is 3. The van der Waals surface area contributed by atoms with Crippen LogP contribution in [0.4, 0.5) is 10.6 Å². The van der Waals surface area contributed by atoms with Gasteiger partial charge in [-0.1, -0.05) is 66.7 Å². The minimum absolute atomic E-state index is 0.0682. The van der Waals surface area contributed by atoms with E-state index in [2.05, 4.69) is 27.0 Å². The fraction of sp³-hybridized carbons (Fsp3) is 0.278. The molecule has 1 fully saturated rings. The van der Waals surface area contributed by atoms with Crippen molar-refractivity contribution in [3.63, 3.8) is 0 Å². The zero-order valence-corrected chi connectivity index (χ0v) is 25.6. The lowest BCUT2D eigenvalue weighted by Crippen LogP contribution is -2.48. The second-order valence-electron chi connectivity index (χ2n) is 10.9. The van der Waals surface area contributed by atoms with Crippen molar-refractivity contribution in [3.8, 4) is 11.8 Å². The number of ether oxygens (including phenoxy) is 3. The van der Waals surface area contributed by atoms with Crippen LogP contribution >= 0.6 is 0 Å². The van der Waals surface area contributed by atoms with Gasteiger partial charge in [-0.2, -0.15) is 5.26 Å². The maximum atomic E-state index is 14.0. The van der Waals surface area contributed by atoms with Gasteiger partial charge in [-0.05, 0) is 59.9 Å². The molecule has 1 saturated heterocycles. The third-order valence-corrected chi connectivity index (χ3v) is 7.81. The van der Waals surface area contributed by atoms with Crippen LogP contribution in [0.25, 0.3) is 0 Å². The van der Waals surface area contributed by atoms with E-state index < -0.39 is 24.0 Å². The number of carbonyl (C=O) groups is 2. The predicted molar refractivity (Wildman–Crippen MR) is 173 cm³/mol. The molecule has 0 saturated carbocycles. The summed E-state index contributed by atoms with van der Waals surface area (Å²) in [7, 11) is 1.27. The number of aromatic nitrogens is 1. The van der Waals surface area contributed by atoms with Crippen molar-refractivity contribution in [3.05, 3.63) is 126 Å².